The first-order chi connectivity index (χ1) is 14.4. The van der Waals surface area contributed by atoms with Gasteiger partial charge in [0.05, 0.1) is 28.0 Å². The molecule has 2 fully saturated rings. The van der Waals surface area contributed by atoms with E-state index in [-0.39, 0.29) is 52.5 Å². The van der Waals surface area contributed by atoms with Gasteiger partial charge < -0.3 is 4.74 Å². The van der Waals surface area contributed by atoms with Crippen molar-refractivity contribution in [2.24, 2.45) is 23.7 Å². The van der Waals surface area contributed by atoms with E-state index in [0.29, 0.717) is 5.69 Å². The van der Waals surface area contributed by atoms with Crippen LogP contribution in [0, 0.1) is 33.8 Å². The van der Waals surface area contributed by atoms with Gasteiger partial charge in [-0.05, 0) is 36.5 Å². The Morgan fingerprint density at radius 2 is 1.67 bits per heavy atom. The summed E-state index contributed by atoms with van der Waals surface area (Å²) in [5, 5.41) is 10.9. The second kappa shape index (κ2) is 6.62. The number of nitro groups is 1. The molecule has 1 aliphatic heterocycles. The zero-order chi connectivity index (χ0) is 21.0. The lowest BCUT2D eigenvalue weighted by Crippen LogP contribution is -2.32. The van der Waals surface area contributed by atoms with Gasteiger partial charge >= 0.3 is 5.97 Å². The summed E-state index contributed by atoms with van der Waals surface area (Å²) in [5.41, 5.74) is 0.157. The predicted octanol–water partition coefficient (Wildman–Crippen LogP) is 3.13. The van der Waals surface area contributed by atoms with Gasteiger partial charge in [0.1, 0.15) is 5.75 Å². The molecule has 0 spiro atoms. The Morgan fingerprint density at radius 1 is 1.00 bits per heavy atom. The first kappa shape index (κ1) is 18.2. The molecule has 8 nitrogen and oxygen atoms in total. The molecule has 0 radical (unpaired) electrons. The highest BCUT2D eigenvalue weighted by atomic mass is 16.6. The maximum Gasteiger partial charge on any atom is 0.343 e. The van der Waals surface area contributed by atoms with E-state index < -0.39 is 10.9 Å². The second-order valence-corrected chi connectivity index (χ2v) is 7.71. The fourth-order valence-electron chi connectivity index (χ4n) is 4.76. The monoisotopic (exact) mass is 404 g/mol. The number of anilines is 1. The Kier molecular flexibility index (Phi) is 4.02. The van der Waals surface area contributed by atoms with E-state index in [4.69, 9.17) is 4.74 Å². The summed E-state index contributed by atoms with van der Waals surface area (Å²) in [5.74, 6) is -1.48. The van der Waals surface area contributed by atoms with Gasteiger partial charge in [0.2, 0.25) is 11.8 Å². The number of amides is 2. The minimum Gasteiger partial charge on any atom is -0.423 e. The normalized spacial score (nSPS) is 26.2. The standard InChI is InChI=1S/C22H16N2O6/c25-20-18-12-7-8-13(9-12)19(18)21(26)23(20)15-4-2-6-17(11-15)30-22(27)14-3-1-5-16(10-14)24(28)29/h1-8,10-13,18-19H,9H2/t12-,13-,18+,19+/m1/s1. The van der Waals surface area contributed by atoms with Crippen molar-refractivity contribution in [2.75, 3.05) is 4.90 Å². The number of hydrogen-bond acceptors (Lipinski definition) is 6. The van der Waals surface area contributed by atoms with Crippen molar-refractivity contribution in [3.8, 4) is 5.75 Å². The Labute approximate surface area is 170 Å². The predicted molar refractivity (Wildman–Crippen MR) is 105 cm³/mol. The number of ether oxygens (including phenoxy) is 1. The first-order valence-electron chi connectivity index (χ1n) is 9.57. The van der Waals surface area contributed by atoms with E-state index in [1.807, 2.05) is 12.2 Å². The van der Waals surface area contributed by atoms with Gasteiger partial charge in [0.15, 0.2) is 0 Å². The molecule has 0 N–H and O–H groups in total. The highest BCUT2D eigenvalue weighted by Crippen LogP contribution is 2.53. The Hall–Kier alpha value is -3.81. The summed E-state index contributed by atoms with van der Waals surface area (Å²) in [7, 11) is 0. The number of carbonyl (C=O) groups is 3. The van der Waals surface area contributed by atoms with E-state index in [1.165, 1.54) is 35.2 Å². The van der Waals surface area contributed by atoms with Gasteiger partial charge in [0, 0.05) is 18.2 Å². The van der Waals surface area contributed by atoms with E-state index in [0.717, 1.165) is 12.5 Å². The van der Waals surface area contributed by atoms with Crippen LogP contribution in [0.2, 0.25) is 0 Å². The highest BCUT2D eigenvalue weighted by molar-refractivity contribution is 6.22. The number of nitro benzene ring substituents is 1. The van der Waals surface area contributed by atoms with Crippen LogP contribution in [0.5, 0.6) is 5.75 Å². The van der Waals surface area contributed by atoms with Gasteiger partial charge in [-0.15, -0.1) is 0 Å². The van der Waals surface area contributed by atoms with Crippen molar-refractivity contribution < 1.29 is 24.0 Å². The number of fused-ring (bicyclic) bond motifs is 5. The number of imide groups is 1. The smallest absolute Gasteiger partial charge is 0.343 e. The lowest BCUT2D eigenvalue weighted by Gasteiger charge is -2.18. The molecule has 30 heavy (non-hydrogen) atoms. The summed E-state index contributed by atoms with van der Waals surface area (Å²) in [4.78, 5) is 49.8. The molecule has 3 aliphatic rings. The summed E-state index contributed by atoms with van der Waals surface area (Å²) < 4.78 is 5.33. The average molecular weight is 404 g/mol. The van der Waals surface area contributed by atoms with Crippen LogP contribution in [-0.2, 0) is 9.59 Å². The minimum atomic E-state index is -0.769. The fourth-order valence-corrected chi connectivity index (χ4v) is 4.76. The van der Waals surface area contributed by atoms with Crippen LogP contribution < -0.4 is 9.64 Å². The Balaban J connectivity index is 1.38. The van der Waals surface area contributed by atoms with Crippen LogP contribution in [0.3, 0.4) is 0 Å². The molecule has 2 bridgehead atoms. The average Bonchev–Trinajstić information content (AvgIpc) is 3.42. The zero-order valence-electron chi connectivity index (χ0n) is 15.6. The van der Waals surface area contributed by atoms with E-state index in [2.05, 4.69) is 0 Å². The topological polar surface area (TPSA) is 107 Å². The number of esters is 1. The van der Waals surface area contributed by atoms with Gasteiger partial charge in [-0.25, -0.2) is 9.69 Å². The minimum absolute atomic E-state index is 0.0279. The summed E-state index contributed by atoms with van der Waals surface area (Å²) >= 11 is 0. The van der Waals surface area contributed by atoms with Crippen molar-refractivity contribution in [3.05, 3.63) is 76.4 Å². The number of benzene rings is 2. The molecule has 2 amide bonds. The molecule has 8 heteroatoms. The van der Waals surface area contributed by atoms with Crippen molar-refractivity contribution >= 4 is 29.2 Å². The van der Waals surface area contributed by atoms with E-state index in [9.17, 15) is 24.5 Å². The number of nitrogens with zero attached hydrogens (tertiary/aromatic N) is 2. The molecule has 1 saturated carbocycles. The van der Waals surface area contributed by atoms with Crippen LogP contribution in [0.15, 0.2) is 60.7 Å². The molecule has 4 atom stereocenters. The highest BCUT2D eigenvalue weighted by Gasteiger charge is 2.59. The molecular formula is C22H16N2O6. The summed E-state index contributed by atoms with van der Waals surface area (Å²) in [6.45, 7) is 0. The molecule has 5 rings (SSSR count). The van der Waals surface area contributed by atoms with Crippen LogP contribution >= 0.6 is 0 Å². The lowest BCUT2D eigenvalue weighted by atomic mass is 9.85. The molecule has 1 saturated heterocycles. The Morgan fingerprint density at radius 3 is 2.33 bits per heavy atom. The quantitative estimate of drug-likeness (QED) is 0.194. The third-order valence-corrected chi connectivity index (χ3v) is 6.05. The van der Waals surface area contributed by atoms with Crippen molar-refractivity contribution in [1.29, 1.82) is 0 Å². The second-order valence-electron chi connectivity index (χ2n) is 7.71. The number of carbonyl (C=O) groups excluding carboxylic acids is 3. The number of rotatable bonds is 4. The molecule has 150 valence electrons. The molecule has 2 aliphatic carbocycles. The van der Waals surface area contributed by atoms with Gasteiger partial charge in [-0.2, -0.15) is 0 Å². The van der Waals surface area contributed by atoms with E-state index >= 15 is 0 Å². The van der Waals surface area contributed by atoms with Crippen LogP contribution in [-0.4, -0.2) is 22.7 Å². The van der Waals surface area contributed by atoms with Gasteiger partial charge in [0.25, 0.3) is 5.69 Å². The maximum absolute atomic E-state index is 12.9. The molecule has 1 heterocycles. The molecule has 2 aromatic carbocycles. The van der Waals surface area contributed by atoms with Gasteiger partial charge in [-0.3, -0.25) is 19.7 Å². The zero-order valence-corrected chi connectivity index (χ0v) is 15.6. The third kappa shape index (κ3) is 2.72. The summed E-state index contributed by atoms with van der Waals surface area (Å²) in [6.07, 6.45) is 4.90. The van der Waals surface area contributed by atoms with Crippen LogP contribution in [0.4, 0.5) is 11.4 Å². The Bertz CT molecular complexity index is 1110. The van der Waals surface area contributed by atoms with Crippen molar-refractivity contribution in [1.82, 2.24) is 0 Å². The van der Waals surface area contributed by atoms with Crippen LogP contribution in [0.25, 0.3) is 0 Å². The third-order valence-electron chi connectivity index (χ3n) is 6.05. The SMILES string of the molecule is O=C(Oc1cccc(N2C(=O)[C@@H]3[C@@H](C2=O)[C@@H]2C=C[C@@H]3C2)c1)c1cccc([N+](=O)[O-])c1. The maximum atomic E-state index is 12.9. The number of non-ortho nitro benzene ring substituents is 1. The van der Waals surface area contributed by atoms with Crippen LogP contribution in [0.1, 0.15) is 16.8 Å². The number of allylic oxidation sites excluding steroid dienone is 2. The van der Waals surface area contributed by atoms with Crippen molar-refractivity contribution in [2.45, 2.75) is 6.42 Å². The molecule has 2 aromatic rings. The van der Waals surface area contributed by atoms with Gasteiger partial charge in [-0.1, -0.05) is 24.3 Å². The largest absolute Gasteiger partial charge is 0.423 e. The molecular weight excluding hydrogens is 388 g/mol. The van der Waals surface area contributed by atoms with E-state index in [1.54, 1.807) is 12.1 Å². The molecule has 0 unspecified atom stereocenters. The molecule has 0 aromatic heterocycles. The first-order valence-corrected chi connectivity index (χ1v) is 9.57. The number of hydrogen-bond donors (Lipinski definition) is 0. The van der Waals surface area contributed by atoms with Crippen molar-refractivity contribution in [3.63, 3.8) is 0 Å². The lowest BCUT2D eigenvalue weighted by molar-refractivity contribution is -0.384. The summed E-state index contributed by atoms with van der Waals surface area (Å²) in [6, 6.07) is 11.4. The fraction of sp³-hybridized carbons (Fsp3) is 0.227.